The Morgan fingerprint density at radius 2 is 2.00 bits per heavy atom. The van der Waals surface area contributed by atoms with Gasteiger partial charge in [-0.1, -0.05) is 12.1 Å². The van der Waals surface area contributed by atoms with Crippen LogP contribution in [0, 0.1) is 0 Å². The number of hydrogen-bond acceptors (Lipinski definition) is 8. The van der Waals surface area contributed by atoms with E-state index in [4.69, 9.17) is 14.2 Å². The van der Waals surface area contributed by atoms with Crippen LogP contribution in [-0.2, 0) is 11.3 Å². The Morgan fingerprint density at radius 3 is 2.79 bits per heavy atom. The topological polar surface area (TPSA) is 79.3 Å². The molecule has 0 saturated carbocycles. The zero-order chi connectivity index (χ0) is 22.9. The lowest BCUT2D eigenvalue weighted by atomic mass is 10.0. The van der Waals surface area contributed by atoms with Gasteiger partial charge >= 0.3 is 0 Å². The number of nitrogens with zero attached hydrogens (tertiary/aromatic N) is 3. The van der Waals surface area contributed by atoms with Gasteiger partial charge in [-0.25, -0.2) is 4.98 Å². The van der Waals surface area contributed by atoms with E-state index in [9.17, 15) is 5.11 Å². The molecule has 2 saturated heterocycles. The van der Waals surface area contributed by atoms with E-state index in [1.165, 1.54) is 0 Å². The van der Waals surface area contributed by atoms with Gasteiger partial charge in [0.05, 0.1) is 25.4 Å². The third-order valence-corrected chi connectivity index (χ3v) is 6.17. The molecule has 0 aliphatic carbocycles. The van der Waals surface area contributed by atoms with Gasteiger partial charge in [0.15, 0.2) is 11.5 Å². The maximum Gasteiger partial charge on any atom is 0.161 e. The number of hydrogen-bond donors (Lipinski definition) is 2. The molecule has 2 aromatic rings. The van der Waals surface area contributed by atoms with Gasteiger partial charge in [0.2, 0.25) is 0 Å². The van der Waals surface area contributed by atoms with Gasteiger partial charge in [-0.2, -0.15) is 0 Å². The highest BCUT2D eigenvalue weighted by Gasteiger charge is 2.36. The van der Waals surface area contributed by atoms with E-state index < -0.39 is 5.60 Å². The predicted octanol–water partition coefficient (Wildman–Crippen LogP) is 1.92. The number of nitrogens with one attached hydrogen (secondary N) is 1. The first-order valence-corrected chi connectivity index (χ1v) is 11.9. The SMILES string of the molecule is CCOc1cc(CNC[C@@]2(O)CCN(c3ccccn3)C2)ccc1OCCN1CCOCC1. The summed E-state index contributed by atoms with van der Waals surface area (Å²) >= 11 is 0. The van der Waals surface area contributed by atoms with Gasteiger partial charge in [0.25, 0.3) is 0 Å². The maximum absolute atomic E-state index is 11.0. The molecule has 1 aromatic heterocycles. The first-order valence-electron chi connectivity index (χ1n) is 11.9. The van der Waals surface area contributed by atoms with Crippen LogP contribution >= 0.6 is 0 Å². The molecule has 0 spiro atoms. The summed E-state index contributed by atoms with van der Waals surface area (Å²) in [7, 11) is 0. The van der Waals surface area contributed by atoms with Crippen molar-refractivity contribution in [3.8, 4) is 11.5 Å². The summed E-state index contributed by atoms with van der Waals surface area (Å²) in [6.45, 7) is 10.1. The minimum atomic E-state index is -0.761. The Bertz CT molecular complexity index is 863. The van der Waals surface area contributed by atoms with Crippen LogP contribution in [0.1, 0.15) is 18.9 Å². The highest BCUT2D eigenvalue weighted by molar-refractivity contribution is 5.43. The molecule has 2 aliphatic rings. The van der Waals surface area contributed by atoms with Crippen molar-refractivity contribution in [2.45, 2.75) is 25.5 Å². The fourth-order valence-corrected chi connectivity index (χ4v) is 4.34. The highest BCUT2D eigenvalue weighted by atomic mass is 16.5. The number of rotatable bonds is 11. The highest BCUT2D eigenvalue weighted by Crippen LogP contribution is 2.29. The molecule has 0 amide bonds. The molecule has 33 heavy (non-hydrogen) atoms. The van der Waals surface area contributed by atoms with Crippen LogP contribution in [0.25, 0.3) is 0 Å². The van der Waals surface area contributed by atoms with Crippen molar-refractivity contribution in [2.75, 3.05) is 70.6 Å². The van der Waals surface area contributed by atoms with Crippen LogP contribution in [0.3, 0.4) is 0 Å². The first kappa shape index (κ1) is 23.8. The van der Waals surface area contributed by atoms with Crippen molar-refractivity contribution in [1.29, 1.82) is 0 Å². The molecule has 1 aromatic carbocycles. The molecule has 180 valence electrons. The van der Waals surface area contributed by atoms with Gasteiger partial charge in [-0.15, -0.1) is 0 Å². The summed E-state index contributed by atoms with van der Waals surface area (Å²) in [4.78, 5) is 8.89. The second kappa shape index (κ2) is 11.7. The third-order valence-electron chi connectivity index (χ3n) is 6.17. The van der Waals surface area contributed by atoms with Gasteiger partial charge in [-0.3, -0.25) is 4.90 Å². The molecule has 0 unspecified atom stereocenters. The Morgan fingerprint density at radius 1 is 1.12 bits per heavy atom. The Labute approximate surface area is 196 Å². The summed E-state index contributed by atoms with van der Waals surface area (Å²) in [6.07, 6.45) is 2.51. The molecule has 8 heteroatoms. The molecule has 2 aliphatic heterocycles. The first-order chi connectivity index (χ1) is 16.1. The smallest absolute Gasteiger partial charge is 0.161 e. The van der Waals surface area contributed by atoms with E-state index in [0.717, 1.165) is 68.7 Å². The second-order valence-corrected chi connectivity index (χ2v) is 8.70. The van der Waals surface area contributed by atoms with Gasteiger partial charge < -0.3 is 29.5 Å². The predicted molar refractivity (Wildman–Crippen MR) is 128 cm³/mol. The molecular formula is C25H36N4O4. The average Bonchev–Trinajstić information content (AvgIpc) is 3.24. The summed E-state index contributed by atoms with van der Waals surface area (Å²) in [6, 6.07) is 11.9. The van der Waals surface area contributed by atoms with Gasteiger partial charge in [0, 0.05) is 52.0 Å². The number of β-amino-alcohol motifs (C(OH)–C–C–N with tert-alkyl or cyclic N) is 1. The fraction of sp³-hybridized carbons (Fsp3) is 0.560. The van der Waals surface area contributed by atoms with Crippen LogP contribution in [0.4, 0.5) is 5.82 Å². The lowest BCUT2D eigenvalue weighted by Crippen LogP contribution is -2.43. The second-order valence-electron chi connectivity index (χ2n) is 8.70. The van der Waals surface area contributed by atoms with Crippen molar-refractivity contribution >= 4 is 5.82 Å². The number of ether oxygens (including phenoxy) is 3. The van der Waals surface area contributed by atoms with Gasteiger partial charge in [0.1, 0.15) is 12.4 Å². The van der Waals surface area contributed by atoms with Crippen molar-refractivity contribution in [3.63, 3.8) is 0 Å². The number of aromatic nitrogens is 1. The Hall–Kier alpha value is -2.39. The normalized spacial score (nSPS) is 21.3. The quantitative estimate of drug-likeness (QED) is 0.531. The van der Waals surface area contributed by atoms with Crippen LogP contribution in [0.15, 0.2) is 42.6 Å². The molecule has 8 nitrogen and oxygen atoms in total. The zero-order valence-electron chi connectivity index (χ0n) is 19.5. The molecule has 1 atom stereocenters. The van der Waals surface area contributed by atoms with Crippen molar-refractivity contribution in [1.82, 2.24) is 15.2 Å². The van der Waals surface area contributed by atoms with Crippen molar-refractivity contribution in [3.05, 3.63) is 48.2 Å². The molecule has 0 radical (unpaired) electrons. The average molecular weight is 457 g/mol. The Balaban J connectivity index is 1.26. The van der Waals surface area contributed by atoms with Crippen molar-refractivity contribution in [2.24, 2.45) is 0 Å². The third kappa shape index (κ3) is 6.80. The summed E-state index contributed by atoms with van der Waals surface area (Å²) in [5, 5.41) is 14.4. The number of pyridine rings is 1. The molecule has 2 fully saturated rings. The van der Waals surface area contributed by atoms with Crippen molar-refractivity contribution < 1.29 is 19.3 Å². The van der Waals surface area contributed by atoms with E-state index in [1.54, 1.807) is 6.20 Å². The van der Waals surface area contributed by atoms with Crippen LogP contribution in [-0.4, -0.2) is 86.3 Å². The fourth-order valence-electron chi connectivity index (χ4n) is 4.34. The standard InChI is InChI=1S/C25H36N4O4/c1-2-32-23-17-21(6-7-22(23)33-16-13-28-11-14-31-15-12-28)18-26-19-25(30)8-10-29(20-25)24-5-3-4-9-27-24/h3-7,9,17,26,30H,2,8,10-16,18-20H2,1H3/t25-/m0/s1. The number of anilines is 1. The van der Waals surface area contributed by atoms with E-state index in [2.05, 4.69) is 26.2 Å². The maximum atomic E-state index is 11.0. The van der Waals surface area contributed by atoms with Crippen LogP contribution in [0.2, 0.25) is 0 Å². The Kier molecular flexibility index (Phi) is 8.39. The van der Waals surface area contributed by atoms with E-state index in [0.29, 0.717) is 32.8 Å². The van der Waals surface area contributed by atoms with E-state index >= 15 is 0 Å². The minimum Gasteiger partial charge on any atom is -0.490 e. The van der Waals surface area contributed by atoms with E-state index in [-0.39, 0.29) is 0 Å². The summed E-state index contributed by atoms with van der Waals surface area (Å²) < 4.78 is 17.3. The minimum absolute atomic E-state index is 0.526. The molecular weight excluding hydrogens is 420 g/mol. The zero-order valence-corrected chi connectivity index (χ0v) is 19.5. The largest absolute Gasteiger partial charge is 0.490 e. The molecule has 2 N–H and O–H groups in total. The molecule has 4 rings (SSSR count). The lowest BCUT2D eigenvalue weighted by molar-refractivity contribution is 0.0320. The van der Waals surface area contributed by atoms with Crippen LogP contribution < -0.4 is 19.7 Å². The van der Waals surface area contributed by atoms with Crippen LogP contribution in [0.5, 0.6) is 11.5 Å². The number of aliphatic hydroxyl groups is 1. The molecule has 3 heterocycles. The van der Waals surface area contributed by atoms with E-state index in [1.807, 2.05) is 37.3 Å². The summed E-state index contributed by atoms with van der Waals surface area (Å²) in [5.74, 6) is 2.45. The summed E-state index contributed by atoms with van der Waals surface area (Å²) in [5.41, 5.74) is 0.338. The van der Waals surface area contributed by atoms with Gasteiger partial charge in [-0.05, 0) is 43.2 Å². The lowest BCUT2D eigenvalue weighted by Gasteiger charge is -2.26. The number of morpholine rings is 1. The molecule has 0 bridgehead atoms. The number of benzene rings is 1. The monoisotopic (exact) mass is 456 g/mol.